The number of aromatic nitrogens is 2. The quantitative estimate of drug-likeness (QED) is 0.154. The van der Waals surface area contributed by atoms with Crippen LogP contribution in [0, 0.1) is 5.92 Å². The Morgan fingerprint density at radius 3 is 1.09 bits per heavy atom. The first-order chi connectivity index (χ1) is 55.6. The van der Waals surface area contributed by atoms with Crippen LogP contribution < -0.4 is 0 Å². The molecule has 0 aromatic carbocycles. The molecule has 42 heteroatoms. The maximum Gasteiger partial charge on any atom is 0.367 e. The lowest BCUT2D eigenvalue weighted by Gasteiger charge is -2.28. The van der Waals surface area contributed by atoms with Gasteiger partial charge in [-0.15, -0.1) is 0 Å². The third-order valence-electron chi connectivity index (χ3n) is 22.7. The minimum Gasteiger partial charge on any atom is -0.390 e. The van der Waals surface area contributed by atoms with E-state index in [2.05, 4.69) is 4.98 Å². The van der Waals surface area contributed by atoms with Crippen molar-refractivity contribution in [2.45, 2.75) is 438 Å². The smallest absolute Gasteiger partial charge is 0.367 e. The van der Waals surface area contributed by atoms with Crippen LogP contribution in [0.2, 0.25) is 0 Å². The molecule has 2 N–H and O–H groups in total. The van der Waals surface area contributed by atoms with Crippen molar-refractivity contribution >= 4 is 22.1 Å². The maximum atomic E-state index is 14.3. The molecule has 20 heterocycles. The van der Waals surface area contributed by atoms with Crippen LogP contribution in [0.3, 0.4) is 0 Å². The molecule has 0 amide bonds. The van der Waals surface area contributed by atoms with E-state index in [1.165, 1.54) is 12.4 Å². The summed E-state index contributed by atoms with van der Waals surface area (Å²) in [4.78, 5) is 3.74. The van der Waals surface area contributed by atoms with Crippen LogP contribution in [0.1, 0.15) is 172 Å². The largest absolute Gasteiger partial charge is 0.390 e. The average Bonchev–Trinajstić information content (AvgIpc) is 1.60. The lowest BCUT2D eigenvalue weighted by molar-refractivity contribution is -0.232. The molecule has 0 bridgehead atoms. The second kappa shape index (κ2) is 34.7. The van der Waals surface area contributed by atoms with Crippen LogP contribution >= 0.6 is 11.8 Å². The third-order valence-corrected chi connectivity index (χ3v) is 24.9. The van der Waals surface area contributed by atoms with Gasteiger partial charge in [-0.05, 0) is 151 Å². The molecule has 0 unspecified atom stereocenters. The van der Waals surface area contributed by atoms with Gasteiger partial charge in [-0.1, -0.05) is 27.2 Å². The highest BCUT2D eigenvalue weighted by Gasteiger charge is 2.66. The molecule has 1 aromatic heterocycles. The molecule has 0 saturated carbocycles. The van der Waals surface area contributed by atoms with E-state index >= 15 is 0 Å². The lowest BCUT2D eigenvalue weighted by atomic mass is 9.97. The number of rotatable bonds is 12. The highest BCUT2D eigenvalue weighted by molar-refractivity contribution is 8.07. The first kappa shape index (κ1) is 94.0. The highest BCUT2D eigenvalue weighted by Crippen LogP contribution is 2.51. The number of halogens is 5. The molecule has 120 heavy (non-hydrogen) atoms. The number of nitrogens with zero attached hydrogens (tertiary/aromatic N) is 2. The summed E-state index contributed by atoms with van der Waals surface area (Å²) in [5.41, 5.74) is 0. The Hall–Kier alpha value is -2.08. The number of aliphatic hydroxyl groups is 2. The van der Waals surface area contributed by atoms with E-state index in [0.717, 1.165) is 22.5 Å². The number of aliphatic hydroxyl groups excluding tert-OH is 2. The van der Waals surface area contributed by atoms with Crippen LogP contribution in [-0.4, -0.2) is 326 Å². The molecule has 20 rings (SSSR count). The van der Waals surface area contributed by atoms with E-state index in [0.29, 0.717) is 31.5 Å². The zero-order valence-electron chi connectivity index (χ0n) is 72.0. The number of hydrogen-bond donors (Lipinski definition) is 2. The zero-order chi connectivity index (χ0) is 87.3. The number of fused-ring (bicyclic) bond motifs is 7. The maximum absolute atomic E-state index is 14.3. The molecule has 19 aliphatic heterocycles. The molecular weight excluding hydrogens is 1650 g/mol. The summed E-state index contributed by atoms with van der Waals surface area (Å²) >= 11 is 1.73. The Morgan fingerprint density at radius 1 is 0.408 bits per heavy atom. The van der Waals surface area contributed by atoms with Crippen LogP contribution in [-0.2, 0) is 147 Å². The van der Waals surface area contributed by atoms with Gasteiger partial charge >= 0.3 is 10.3 Å². The first-order valence-electron chi connectivity index (χ1n) is 41.4. The van der Waals surface area contributed by atoms with Gasteiger partial charge in [0.2, 0.25) is 0 Å². The predicted octanol–water partition coefficient (Wildman–Crippen LogP) is 7.25. The minimum absolute atomic E-state index is 0.106. The summed E-state index contributed by atoms with van der Waals surface area (Å²) in [5, 5.41) is 20.1. The Balaban J connectivity index is 0.000000116. The van der Waals surface area contributed by atoms with Gasteiger partial charge in [0.1, 0.15) is 122 Å². The van der Waals surface area contributed by atoms with Gasteiger partial charge in [0, 0.05) is 23.4 Å². The Morgan fingerprint density at radius 2 is 0.733 bits per heavy atom. The molecule has 19 aliphatic rings. The van der Waals surface area contributed by atoms with Gasteiger partial charge in [0.15, 0.2) is 133 Å². The minimum atomic E-state index is -4.13. The Labute approximate surface area is 700 Å². The second-order valence-corrected chi connectivity index (χ2v) is 40.1. The summed E-state index contributed by atoms with van der Waals surface area (Å²) < 4.78 is 256. The van der Waals surface area contributed by atoms with Crippen LogP contribution in [0.5, 0.6) is 0 Å². The van der Waals surface area contributed by atoms with Crippen molar-refractivity contribution in [3.05, 3.63) is 18.7 Å². The summed E-state index contributed by atoms with van der Waals surface area (Å²) in [5.74, 6) is -6.32. The number of imidazole rings is 1. The van der Waals surface area contributed by atoms with Gasteiger partial charge in [-0.25, -0.2) is 35.1 Å². The normalized spacial score (nSPS) is 47.3. The Bertz CT molecular complexity index is 3550. The number of thioether (sulfide) groups is 1. The fourth-order valence-electron chi connectivity index (χ4n) is 17.0. The number of ether oxygens (including phenoxy) is 28. The molecule has 19 saturated heterocycles. The standard InChI is InChI=1S/C15H22N2O8S.C12H19FO5.C12H20O6.C11H19FO3.C10H17FO4.C9H13FO4.C9H13FO3S/c1-14(2)20-7-9(22-14)10-11(12-13(21-10)24-15(3,4)23-12)25-26(18,19)17-6-5-16-8-17;2*1-11(2)14-5-6(16-11)8-7(13)9-10(15-8)18-12(3,4)17-9;1-5-6(2)8-7(12)9-10(13-8)15-11(3,4)14-9;1-4-5(12)7-6(11)8-9(13-7)15-10(2,3)14-8;1-9(2)13-7-5(10)6(4-3-11-4)12-8(7)14-9;1-9(2)12-7-5(10)6(4-3-14-4)11-8(7)13-9/h5-6,8-13H,7H2,1-4H3;6-10H,5H2,1-4H3;6-10,13H,5H2,1-4H3;6-10H,5H2,1-4H3;5-9,12H,4H2,1-3H3;2*4-8H,3H2,1-2H3/t9-,10-,11-,12-,13-;6-,7+,8-,9-,10-;6-,7-,8-,9-,10-;6-,7+,8-,9-,10-;5-,6+,7-,8-,9-;2*4-,5-,6+,7+,8+/m1111100/s1. The average molecular weight is 1780 g/mol. The SMILES string of the molecule is CC1(C)O[C@H]2O[C@H]([C@@H]3CO3)[C@H](F)[C@H]2O1.CC1(C)O[C@H]2O[C@H]([C@@H]3CS3)[C@H](F)[C@H]2O1.CC1(C)O[C@H]2O[C@H]([C@H]3COC(C)(C)O3)[C@@H](O)[C@H]2O1.CC1(C)O[C@H]2O[C@H]([C@H]3COC(C)(C)O3)[C@@H](OS(=O)(=O)n3ccnc3)[C@H]2O1.CC1(C)O[C@H]2O[C@H]([C@H]3COC(C)(C)O3)[C@H](F)[C@H]2O1.CC[C@@H](C)[C@H]1O[C@@H]2OC(C)(C)O[C@@H]2[C@H]1F.CC[C@@H](O)[C@H]1O[C@@H]2OC(C)(C)O[C@@H]2[C@H]1F. The second-order valence-electron chi connectivity index (χ2n) is 37.3. The molecule has 690 valence electrons. The third kappa shape index (κ3) is 21.2. The van der Waals surface area contributed by atoms with Gasteiger partial charge in [0.05, 0.1) is 38.6 Å². The number of alkyl halides is 5. The van der Waals surface area contributed by atoms with Crippen LogP contribution in [0.4, 0.5) is 22.0 Å². The number of hydrogen-bond acceptors (Lipinski definition) is 35. The van der Waals surface area contributed by atoms with Gasteiger partial charge in [-0.2, -0.15) is 20.2 Å². The van der Waals surface area contributed by atoms with E-state index in [9.17, 15) is 40.6 Å². The molecule has 0 aliphatic carbocycles. The number of epoxide rings is 1. The van der Waals surface area contributed by atoms with E-state index < -0.39 is 247 Å². The van der Waals surface area contributed by atoms with Gasteiger partial charge in [-0.3, -0.25) is 0 Å². The van der Waals surface area contributed by atoms with Crippen molar-refractivity contribution in [2.24, 2.45) is 5.92 Å². The van der Waals surface area contributed by atoms with Crippen molar-refractivity contribution < 1.29 is 177 Å². The van der Waals surface area contributed by atoms with Crippen molar-refractivity contribution in [3.8, 4) is 0 Å². The summed E-state index contributed by atoms with van der Waals surface area (Å²) in [6.07, 6.45) is -17.1. The lowest BCUT2D eigenvalue weighted by Crippen LogP contribution is -2.45. The van der Waals surface area contributed by atoms with Crippen molar-refractivity contribution in [1.82, 2.24) is 8.96 Å². The molecule has 0 spiro atoms. The summed E-state index contributed by atoms with van der Waals surface area (Å²) in [6, 6.07) is 0. The molecule has 35 nitrogen and oxygen atoms in total. The monoisotopic (exact) mass is 1770 g/mol. The molecule has 35 atom stereocenters. The topological polar surface area (TPSA) is 363 Å². The summed E-state index contributed by atoms with van der Waals surface area (Å²) in [7, 11) is -4.13. The fourth-order valence-corrected chi connectivity index (χ4v) is 18.7. The molecule has 19 fully saturated rings. The predicted molar refractivity (Wildman–Crippen MR) is 399 cm³/mol. The van der Waals surface area contributed by atoms with Crippen molar-refractivity contribution in [2.75, 3.05) is 32.2 Å². The van der Waals surface area contributed by atoms with E-state index in [1.807, 2.05) is 27.7 Å². The van der Waals surface area contributed by atoms with Crippen molar-refractivity contribution in [3.63, 3.8) is 0 Å². The van der Waals surface area contributed by atoms with E-state index in [4.69, 9.17) is 137 Å². The Kier molecular flexibility index (Phi) is 27.2. The zero-order valence-corrected chi connectivity index (χ0v) is 73.7. The first-order valence-corrected chi connectivity index (χ1v) is 43.8. The van der Waals surface area contributed by atoms with E-state index in [-0.39, 0.29) is 36.9 Å². The molecule has 1 aromatic rings. The van der Waals surface area contributed by atoms with Gasteiger partial charge < -0.3 is 143 Å². The summed E-state index contributed by atoms with van der Waals surface area (Å²) in [6.45, 7) is 42.8. The van der Waals surface area contributed by atoms with Crippen molar-refractivity contribution in [1.29, 1.82) is 0 Å². The molecule has 0 radical (unpaired) electrons. The highest BCUT2D eigenvalue weighted by atomic mass is 32.2. The van der Waals surface area contributed by atoms with E-state index in [1.54, 1.807) is 143 Å². The molecular formula is C78H123F5N2O33S2. The van der Waals surface area contributed by atoms with Gasteiger partial charge in [0.25, 0.3) is 0 Å². The van der Waals surface area contributed by atoms with Crippen LogP contribution in [0.15, 0.2) is 18.7 Å². The fraction of sp³-hybridized carbons (Fsp3) is 0.962. The van der Waals surface area contributed by atoms with Crippen LogP contribution in [0.25, 0.3) is 0 Å².